The van der Waals surface area contributed by atoms with E-state index >= 15 is 0 Å². The van der Waals surface area contributed by atoms with Gasteiger partial charge in [0.15, 0.2) is 0 Å². The number of nitro groups is 1. The van der Waals surface area contributed by atoms with E-state index in [1.807, 2.05) is 24.3 Å². The SMILES string of the molecule is CC(C)Cc1ccc(Sc2ccc(NC(=O)c3cccc(C(F)(F)F)c3)cc2[N+](=O)[O-])cc1. The zero-order valence-corrected chi connectivity index (χ0v) is 18.7. The Kier molecular flexibility index (Phi) is 7.43. The number of halogens is 3. The summed E-state index contributed by atoms with van der Waals surface area (Å²) in [5, 5.41) is 14.0. The summed E-state index contributed by atoms with van der Waals surface area (Å²) in [7, 11) is 0. The highest BCUT2D eigenvalue weighted by Crippen LogP contribution is 2.37. The molecule has 0 unspecified atom stereocenters. The highest BCUT2D eigenvalue weighted by molar-refractivity contribution is 7.99. The molecule has 0 aliphatic rings. The number of hydrogen-bond donors (Lipinski definition) is 1. The maximum Gasteiger partial charge on any atom is 0.416 e. The molecule has 0 saturated heterocycles. The second-order valence-electron chi connectivity index (χ2n) is 7.82. The second kappa shape index (κ2) is 10.1. The van der Waals surface area contributed by atoms with E-state index in [0.717, 1.165) is 29.5 Å². The van der Waals surface area contributed by atoms with Gasteiger partial charge in [0, 0.05) is 22.2 Å². The lowest BCUT2D eigenvalue weighted by Crippen LogP contribution is -2.14. The first-order chi connectivity index (χ1) is 15.5. The number of alkyl halides is 3. The van der Waals surface area contributed by atoms with Crippen molar-refractivity contribution in [2.24, 2.45) is 5.92 Å². The van der Waals surface area contributed by atoms with Crippen molar-refractivity contribution in [2.45, 2.75) is 36.2 Å². The number of carbonyl (C=O) groups excluding carboxylic acids is 1. The zero-order valence-electron chi connectivity index (χ0n) is 17.8. The van der Waals surface area contributed by atoms with Gasteiger partial charge in [0.05, 0.1) is 15.4 Å². The highest BCUT2D eigenvalue weighted by Gasteiger charge is 2.31. The van der Waals surface area contributed by atoms with Crippen LogP contribution in [0.3, 0.4) is 0 Å². The van der Waals surface area contributed by atoms with E-state index in [-0.39, 0.29) is 16.9 Å². The fourth-order valence-corrected chi connectivity index (χ4v) is 4.06. The molecule has 1 N–H and O–H groups in total. The maximum atomic E-state index is 12.9. The fourth-order valence-electron chi connectivity index (χ4n) is 3.16. The average Bonchev–Trinajstić information content (AvgIpc) is 2.75. The van der Waals surface area contributed by atoms with Crippen LogP contribution in [0.5, 0.6) is 0 Å². The Hall–Kier alpha value is -3.33. The summed E-state index contributed by atoms with van der Waals surface area (Å²) in [6, 6.07) is 15.9. The van der Waals surface area contributed by atoms with Crippen LogP contribution in [0.4, 0.5) is 24.5 Å². The normalized spacial score (nSPS) is 11.5. The molecular formula is C24H21F3N2O3S. The highest BCUT2D eigenvalue weighted by atomic mass is 32.2. The van der Waals surface area contributed by atoms with Crippen molar-refractivity contribution < 1.29 is 22.9 Å². The van der Waals surface area contributed by atoms with Crippen LogP contribution in [0.2, 0.25) is 0 Å². The third kappa shape index (κ3) is 6.58. The van der Waals surface area contributed by atoms with E-state index in [0.29, 0.717) is 10.8 Å². The van der Waals surface area contributed by atoms with Gasteiger partial charge in [0.25, 0.3) is 11.6 Å². The lowest BCUT2D eigenvalue weighted by atomic mass is 10.0. The lowest BCUT2D eigenvalue weighted by Gasteiger charge is -2.10. The van der Waals surface area contributed by atoms with Crippen LogP contribution in [-0.4, -0.2) is 10.8 Å². The van der Waals surface area contributed by atoms with E-state index in [1.165, 1.54) is 41.6 Å². The summed E-state index contributed by atoms with van der Waals surface area (Å²) >= 11 is 1.22. The number of anilines is 1. The monoisotopic (exact) mass is 474 g/mol. The van der Waals surface area contributed by atoms with Crippen molar-refractivity contribution in [1.29, 1.82) is 0 Å². The molecule has 9 heteroatoms. The average molecular weight is 475 g/mol. The lowest BCUT2D eigenvalue weighted by molar-refractivity contribution is -0.387. The van der Waals surface area contributed by atoms with Crippen LogP contribution in [0.15, 0.2) is 76.5 Å². The van der Waals surface area contributed by atoms with Crippen molar-refractivity contribution >= 4 is 29.0 Å². The van der Waals surface area contributed by atoms with Crippen LogP contribution >= 0.6 is 11.8 Å². The molecule has 0 saturated carbocycles. The van der Waals surface area contributed by atoms with Crippen molar-refractivity contribution in [1.82, 2.24) is 0 Å². The molecule has 0 heterocycles. The summed E-state index contributed by atoms with van der Waals surface area (Å²) in [5.41, 5.74) is -0.0787. The number of carbonyl (C=O) groups is 1. The van der Waals surface area contributed by atoms with Gasteiger partial charge in [0.2, 0.25) is 0 Å². The minimum atomic E-state index is -4.58. The minimum Gasteiger partial charge on any atom is -0.322 e. The van der Waals surface area contributed by atoms with Gasteiger partial charge in [-0.3, -0.25) is 14.9 Å². The summed E-state index contributed by atoms with van der Waals surface area (Å²) in [6.45, 7) is 4.25. The van der Waals surface area contributed by atoms with Gasteiger partial charge in [-0.2, -0.15) is 13.2 Å². The minimum absolute atomic E-state index is 0.112. The Morgan fingerprint density at radius 3 is 2.36 bits per heavy atom. The Balaban J connectivity index is 1.79. The Morgan fingerprint density at radius 1 is 1.06 bits per heavy atom. The molecule has 0 fully saturated rings. The Morgan fingerprint density at radius 2 is 1.76 bits per heavy atom. The van der Waals surface area contributed by atoms with E-state index in [9.17, 15) is 28.1 Å². The molecule has 3 aromatic carbocycles. The summed E-state index contributed by atoms with van der Waals surface area (Å²) in [5.74, 6) is -0.278. The predicted molar refractivity (Wildman–Crippen MR) is 122 cm³/mol. The van der Waals surface area contributed by atoms with Crippen molar-refractivity contribution in [2.75, 3.05) is 5.32 Å². The van der Waals surface area contributed by atoms with E-state index < -0.39 is 22.6 Å². The van der Waals surface area contributed by atoms with Crippen molar-refractivity contribution in [3.63, 3.8) is 0 Å². The molecule has 0 atom stereocenters. The Bertz CT molecular complexity index is 1160. The molecule has 3 aromatic rings. The fraction of sp³-hybridized carbons (Fsp3) is 0.208. The third-order valence-electron chi connectivity index (χ3n) is 4.66. The molecule has 172 valence electrons. The summed E-state index contributed by atoms with van der Waals surface area (Å²) < 4.78 is 38.7. The van der Waals surface area contributed by atoms with Crippen molar-refractivity contribution in [3.05, 3.63) is 93.5 Å². The number of benzene rings is 3. The second-order valence-corrected chi connectivity index (χ2v) is 8.93. The van der Waals surface area contributed by atoms with Gasteiger partial charge in [0.1, 0.15) is 0 Å². The molecule has 0 aromatic heterocycles. The van der Waals surface area contributed by atoms with Gasteiger partial charge in [-0.1, -0.05) is 43.8 Å². The smallest absolute Gasteiger partial charge is 0.322 e. The zero-order chi connectivity index (χ0) is 24.2. The quantitative estimate of drug-likeness (QED) is 0.290. The number of nitro benzene ring substituents is 1. The summed E-state index contributed by atoms with van der Waals surface area (Å²) in [6.07, 6.45) is -3.65. The van der Waals surface area contributed by atoms with Gasteiger partial charge < -0.3 is 5.32 Å². The Labute approximate surface area is 193 Å². The molecule has 3 rings (SSSR count). The first-order valence-corrected chi connectivity index (χ1v) is 10.9. The standard InChI is InChI=1S/C24H21F3N2O3S/c1-15(2)12-16-6-9-20(10-7-16)33-22-11-8-19(14-21(22)29(31)32)28-23(30)17-4-3-5-18(13-17)24(25,26)27/h3-11,13-15H,12H2,1-2H3,(H,28,30). The molecule has 5 nitrogen and oxygen atoms in total. The van der Waals surface area contributed by atoms with E-state index in [1.54, 1.807) is 0 Å². The largest absolute Gasteiger partial charge is 0.416 e. The topological polar surface area (TPSA) is 72.2 Å². The number of nitrogens with zero attached hydrogens (tertiary/aromatic N) is 1. The first-order valence-electron chi connectivity index (χ1n) is 10.1. The molecule has 1 amide bonds. The van der Waals surface area contributed by atoms with E-state index in [2.05, 4.69) is 19.2 Å². The molecular weight excluding hydrogens is 453 g/mol. The molecule has 0 spiro atoms. The van der Waals surface area contributed by atoms with Crippen LogP contribution in [0, 0.1) is 16.0 Å². The van der Waals surface area contributed by atoms with Crippen LogP contribution in [0.25, 0.3) is 0 Å². The number of nitrogens with one attached hydrogen (secondary N) is 1. The molecule has 0 aliphatic heterocycles. The molecule has 0 aliphatic carbocycles. The number of rotatable bonds is 7. The number of amides is 1. The van der Waals surface area contributed by atoms with Crippen LogP contribution < -0.4 is 5.32 Å². The number of hydrogen-bond acceptors (Lipinski definition) is 4. The van der Waals surface area contributed by atoms with E-state index in [4.69, 9.17) is 0 Å². The molecule has 0 bridgehead atoms. The van der Waals surface area contributed by atoms with Gasteiger partial charge in [-0.05, 0) is 60.4 Å². The van der Waals surface area contributed by atoms with Crippen molar-refractivity contribution in [3.8, 4) is 0 Å². The molecule has 33 heavy (non-hydrogen) atoms. The maximum absolute atomic E-state index is 12.9. The molecule has 0 radical (unpaired) electrons. The third-order valence-corrected chi connectivity index (χ3v) is 5.73. The first kappa shape index (κ1) is 24.3. The van der Waals surface area contributed by atoms with Gasteiger partial charge in [-0.15, -0.1) is 0 Å². The van der Waals surface area contributed by atoms with Crippen LogP contribution in [-0.2, 0) is 12.6 Å². The predicted octanol–water partition coefficient (Wildman–Crippen LogP) is 7.22. The van der Waals surface area contributed by atoms with Gasteiger partial charge >= 0.3 is 6.18 Å². The summed E-state index contributed by atoms with van der Waals surface area (Å²) in [4.78, 5) is 24.7. The van der Waals surface area contributed by atoms with Gasteiger partial charge in [-0.25, -0.2) is 0 Å². The van der Waals surface area contributed by atoms with Crippen LogP contribution in [0.1, 0.15) is 35.3 Å².